The Kier molecular flexibility index (Phi) is 5.37. The molecule has 0 bridgehead atoms. The second kappa shape index (κ2) is 7.70. The molecule has 0 spiro atoms. The van der Waals surface area contributed by atoms with E-state index in [1.54, 1.807) is 31.4 Å². The third-order valence-electron chi connectivity index (χ3n) is 4.81. The Morgan fingerprint density at radius 1 is 1.35 bits per heavy atom. The van der Waals surface area contributed by atoms with Crippen LogP contribution in [0.4, 0.5) is 0 Å². The highest BCUT2D eigenvalue weighted by molar-refractivity contribution is 5.95. The van der Waals surface area contributed by atoms with Crippen LogP contribution in [0.5, 0.6) is 0 Å². The maximum absolute atomic E-state index is 12.5. The van der Waals surface area contributed by atoms with Crippen LogP contribution in [0.3, 0.4) is 0 Å². The van der Waals surface area contributed by atoms with Crippen LogP contribution in [0, 0.1) is 6.92 Å². The van der Waals surface area contributed by atoms with Gasteiger partial charge in [-0.1, -0.05) is 6.92 Å². The van der Waals surface area contributed by atoms with Crippen molar-refractivity contribution in [3.63, 3.8) is 0 Å². The van der Waals surface area contributed by atoms with Crippen molar-refractivity contribution in [2.45, 2.75) is 38.8 Å². The summed E-state index contributed by atoms with van der Waals surface area (Å²) >= 11 is 0. The van der Waals surface area contributed by atoms with Gasteiger partial charge in [0.15, 0.2) is 5.76 Å². The summed E-state index contributed by atoms with van der Waals surface area (Å²) in [6, 6.07) is 7.43. The van der Waals surface area contributed by atoms with Crippen LogP contribution in [0.15, 0.2) is 34.9 Å². The zero-order valence-corrected chi connectivity index (χ0v) is 14.9. The predicted molar refractivity (Wildman–Crippen MR) is 95.8 cm³/mol. The van der Waals surface area contributed by atoms with Gasteiger partial charge in [0.25, 0.3) is 5.91 Å². The summed E-state index contributed by atoms with van der Waals surface area (Å²) in [6.07, 6.45) is 3.12. The summed E-state index contributed by atoms with van der Waals surface area (Å²) in [5, 5.41) is 12.0. The minimum atomic E-state index is -0.822. The number of carboxylic acid groups (broad SMARTS) is 1. The van der Waals surface area contributed by atoms with Crippen LogP contribution < -0.4 is 5.32 Å². The average molecular weight is 357 g/mol. The van der Waals surface area contributed by atoms with Gasteiger partial charge in [-0.05, 0) is 50.6 Å². The molecule has 7 nitrogen and oxygen atoms in total. The average Bonchev–Trinajstić information content (AvgIpc) is 3.10. The van der Waals surface area contributed by atoms with Crippen LogP contribution in [0.25, 0.3) is 11.5 Å². The van der Waals surface area contributed by atoms with Gasteiger partial charge in [-0.15, -0.1) is 0 Å². The lowest BCUT2D eigenvalue weighted by Crippen LogP contribution is -2.54. The van der Waals surface area contributed by atoms with E-state index in [9.17, 15) is 9.59 Å². The van der Waals surface area contributed by atoms with Crippen molar-refractivity contribution in [1.82, 2.24) is 15.2 Å². The van der Waals surface area contributed by atoms with Gasteiger partial charge in [-0.2, -0.15) is 0 Å². The molecule has 2 aromatic rings. The first kappa shape index (κ1) is 18.1. The van der Waals surface area contributed by atoms with Crippen LogP contribution in [0.2, 0.25) is 0 Å². The number of nitrogens with one attached hydrogen (secondary N) is 1. The number of nitrogens with zero attached hydrogens (tertiary/aromatic N) is 2. The van der Waals surface area contributed by atoms with E-state index in [2.05, 4.69) is 10.3 Å². The number of amides is 1. The zero-order valence-electron chi connectivity index (χ0n) is 14.9. The minimum absolute atomic E-state index is 0.0408. The smallest absolute Gasteiger partial charge is 0.317 e. The molecule has 2 aromatic heterocycles. The molecule has 0 radical (unpaired) electrons. The monoisotopic (exact) mass is 357 g/mol. The number of aromatic nitrogens is 1. The summed E-state index contributed by atoms with van der Waals surface area (Å²) in [7, 11) is 0. The Morgan fingerprint density at radius 3 is 2.69 bits per heavy atom. The number of hydrogen-bond acceptors (Lipinski definition) is 5. The highest BCUT2D eigenvalue weighted by Gasteiger charge is 2.35. The number of aliphatic carboxylic acids is 1. The topological polar surface area (TPSA) is 95.7 Å². The summed E-state index contributed by atoms with van der Waals surface area (Å²) in [5.41, 5.74) is 1.88. The van der Waals surface area contributed by atoms with Crippen molar-refractivity contribution in [2.75, 3.05) is 13.1 Å². The molecule has 1 amide bonds. The molecule has 1 aliphatic carbocycles. The molecule has 26 heavy (non-hydrogen) atoms. The number of aryl methyl sites for hydroxylation is 1. The Labute approximate surface area is 152 Å². The van der Waals surface area contributed by atoms with E-state index in [0.717, 1.165) is 12.8 Å². The number of carbonyl (C=O) groups is 2. The lowest BCUT2D eigenvalue weighted by molar-refractivity contribution is -0.139. The fraction of sp³-hybridized carbons (Fsp3) is 0.421. The Hall–Kier alpha value is -2.67. The Bertz CT molecular complexity index is 782. The van der Waals surface area contributed by atoms with Crippen LogP contribution in [-0.2, 0) is 4.79 Å². The van der Waals surface area contributed by atoms with Crippen molar-refractivity contribution in [3.8, 4) is 11.5 Å². The molecule has 0 aromatic carbocycles. The number of hydrogen-bond donors (Lipinski definition) is 2. The van der Waals surface area contributed by atoms with E-state index in [0.29, 0.717) is 29.3 Å². The van der Waals surface area contributed by atoms with Gasteiger partial charge in [0.1, 0.15) is 5.69 Å². The fourth-order valence-corrected chi connectivity index (χ4v) is 3.30. The maximum atomic E-state index is 12.5. The molecule has 2 heterocycles. The molecule has 1 aliphatic rings. The van der Waals surface area contributed by atoms with E-state index in [-0.39, 0.29) is 24.5 Å². The van der Waals surface area contributed by atoms with Gasteiger partial charge in [-0.3, -0.25) is 14.5 Å². The first-order chi connectivity index (χ1) is 12.5. The summed E-state index contributed by atoms with van der Waals surface area (Å²) in [4.78, 5) is 29.8. The van der Waals surface area contributed by atoms with Crippen molar-refractivity contribution >= 4 is 11.9 Å². The number of carboxylic acids is 1. The van der Waals surface area contributed by atoms with E-state index in [4.69, 9.17) is 9.52 Å². The van der Waals surface area contributed by atoms with Crippen LogP contribution in [-0.4, -0.2) is 52.0 Å². The number of carbonyl (C=O) groups excluding carboxylic acids is 1. The molecule has 0 unspecified atom stereocenters. The molecule has 138 valence electrons. The largest absolute Gasteiger partial charge is 0.480 e. The third-order valence-corrected chi connectivity index (χ3v) is 4.81. The predicted octanol–water partition coefficient (Wildman–Crippen LogP) is 2.32. The van der Waals surface area contributed by atoms with Crippen molar-refractivity contribution < 1.29 is 19.1 Å². The lowest BCUT2D eigenvalue weighted by atomic mass is 9.85. The molecule has 1 saturated carbocycles. The molecule has 0 aliphatic heterocycles. The molecule has 0 saturated heterocycles. The minimum Gasteiger partial charge on any atom is -0.480 e. The molecule has 2 N–H and O–H groups in total. The van der Waals surface area contributed by atoms with E-state index >= 15 is 0 Å². The molecule has 1 fully saturated rings. The molecule has 3 rings (SSSR count). The zero-order chi connectivity index (χ0) is 18.7. The molecule has 7 heteroatoms. The van der Waals surface area contributed by atoms with E-state index < -0.39 is 5.97 Å². The number of rotatable bonds is 7. The second-order valence-corrected chi connectivity index (χ2v) is 6.56. The standard InChI is InChI=1S/C19H23N3O4/c1-3-22(11-18(23)24)14-9-13(10-14)21-19(25)15-6-7-16(20-12(15)2)17-5-4-8-26-17/h4-8,13-14H,3,9-11H2,1-2H3,(H,21,25)(H,23,24). The number of likely N-dealkylation sites (N-methyl/N-ethyl adjacent to an activating group) is 1. The highest BCUT2D eigenvalue weighted by Crippen LogP contribution is 2.26. The summed E-state index contributed by atoms with van der Waals surface area (Å²) < 4.78 is 5.33. The van der Waals surface area contributed by atoms with Gasteiger partial charge >= 0.3 is 5.97 Å². The van der Waals surface area contributed by atoms with Crippen molar-refractivity contribution in [1.29, 1.82) is 0 Å². The van der Waals surface area contributed by atoms with Gasteiger partial charge in [0, 0.05) is 12.1 Å². The quantitative estimate of drug-likeness (QED) is 0.789. The van der Waals surface area contributed by atoms with Crippen molar-refractivity contribution in [2.24, 2.45) is 0 Å². The SMILES string of the molecule is CCN(CC(=O)O)C1CC(NC(=O)c2ccc(-c3ccco3)nc2C)C1. The maximum Gasteiger partial charge on any atom is 0.317 e. The van der Waals surface area contributed by atoms with Crippen LogP contribution >= 0.6 is 0 Å². The van der Waals surface area contributed by atoms with E-state index in [1.165, 1.54) is 0 Å². The van der Waals surface area contributed by atoms with Gasteiger partial charge in [-0.25, -0.2) is 4.98 Å². The first-order valence-electron chi connectivity index (χ1n) is 8.76. The van der Waals surface area contributed by atoms with Gasteiger partial charge in [0.2, 0.25) is 0 Å². The van der Waals surface area contributed by atoms with Gasteiger partial charge < -0.3 is 14.8 Å². The summed E-state index contributed by atoms with van der Waals surface area (Å²) in [5.74, 6) is -0.302. The molecular weight excluding hydrogens is 334 g/mol. The normalized spacial score (nSPS) is 19.2. The highest BCUT2D eigenvalue weighted by atomic mass is 16.4. The Morgan fingerprint density at radius 2 is 2.12 bits per heavy atom. The third kappa shape index (κ3) is 3.94. The Balaban J connectivity index is 1.57. The van der Waals surface area contributed by atoms with E-state index in [1.807, 2.05) is 17.9 Å². The van der Waals surface area contributed by atoms with Gasteiger partial charge in [0.05, 0.1) is 24.1 Å². The molecular formula is C19H23N3O4. The van der Waals surface area contributed by atoms with Crippen LogP contribution in [0.1, 0.15) is 35.8 Å². The second-order valence-electron chi connectivity index (χ2n) is 6.56. The lowest BCUT2D eigenvalue weighted by Gasteiger charge is -2.42. The number of furan rings is 1. The first-order valence-corrected chi connectivity index (χ1v) is 8.76. The fourth-order valence-electron chi connectivity index (χ4n) is 3.30. The number of pyridine rings is 1. The summed E-state index contributed by atoms with van der Waals surface area (Å²) in [6.45, 7) is 4.48. The van der Waals surface area contributed by atoms with Crippen molar-refractivity contribution in [3.05, 3.63) is 41.8 Å². The molecule has 0 atom stereocenters.